The summed E-state index contributed by atoms with van der Waals surface area (Å²) in [5.74, 6) is 0.379. The average molecular weight is 455 g/mol. The summed E-state index contributed by atoms with van der Waals surface area (Å²) in [6.45, 7) is 3.92. The monoisotopic (exact) mass is 454 g/mol. The van der Waals surface area contributed by atoms with Crippen LogP contribution in [0.4, 0.5) is 5.69 Å². The van der Waals surface area contributed by atoms with Gasteiger partial charge in [-0.05, 0) is 55.8 Å². The lowest BCUT2D eigenvalue weighted by atomic mass is 10.2. The summed E-state index contributed by atoms with van der Waals surface area (Å²) in [4.78, 5) is 12.3. The van der Waals surface area contributed by atoms with Crippen molar-refractivity contribution in [2.75, 3.05) is 17.1 Å². The van der Waals surface area contributed by atoms with Crippen molar-refractivity contribution in [3.63, 3.8) is 0 Å². The number of sulfonamides is 1. The first-order valence-corrected chi connectivity index (χ1v) is 11.0. The zero-order valence-corrected chi connectivity index (χ0v) is 17.9. The third-order valence-electron chi connectivity index (χ3n) is 3.59. The van der Waals surface area contributed by atoms with Crippen molar-refractivity contribution < 1.29 is 17.9 Å². The summed E-state index contributed by atoms with van der Waals surface area (Å²) >= 11 is 3.31. The molecular formula is C19H23BrN2O4S. The van der Waals surface area contributed by atoms with E-state index in [-0.39, 0.29) is 18.6 Å². The number of halogens is 1. The van der Waals surface area contributed by atoms with Gasteiger partial charge in [0.2, 0.25) is 15.9 Å². The van der Waals surface area contributed by atoms with Gasteiger partial charge in [-0.2, -0.15) is 0 Å². The van der Waals surface area contributed by atoms with Gasteiger partial charge in [0, 0.05) is 11.0 Å². The molecule has 2 aromatic rings. The molecule has 0 unspecified atom stereocenters. The first kappa shape index (κ1) is 21.2. The highest BCUT2D eigenvalue weighted by Gasteiger charge is 2.20. The number of ether oxygens (including phenoxy) is 1. The van der Waals surface area contributed by atoms with Crippen LogP contribution in [-0.4, -0.2) is 33.2 Å². The number of carbonyl (C=O) groups excluding carboxylic acids is 1. The molecule has 0 saturated carbocycles. The Kier molecular flexibility index (Phi) is 7.26. The highest BCUT2D eigenvalue weighted by atomic mass is 79.9. The van der Waals surface area contributed by atoms with E-state index in [9.17, 15) is 13.2 Å². The highest BCUT2D eigenvalue weighted by Crippen LogP contribution is 2.20. The molecule has 2 rings (SSSR count). The summed E-state index contributed by atoms with van der Waals surface area (Å²) in [5, 5.41) is 2.75. The Bertz CT molecular complexity index is 866. The van der Waals surface area contributed by atoms with E-state index in [2.05, 4.69) is 21.2 Å². The molecule has 1 amide bonds. The minimum Gasteiger partial charge on any atom is -0.491 e. The zero-order chi connectivity index (χ0) is 20.0. The zero-order valence-electron chi connectivity index (χ0n) is 15.5. The van der Waals surface area contributed by atoms with Crippen molar-refractivity contribution in [2.24, 2.45) is 0 Å². The quantitative estimate of drug-likeness (QED) is 0.663. The van der Waals surface area contributed by atoms with E-state index < -0.39 is 10.0 Å². The topological polar surface area (TPSA) is 75.7 Å². The Hall–Kier alpha value is -2.06. The normalized spacial score (nSPS) is 11.3. The van der Waals surface area contributed by atoms with Crippen LogP contribution in [0.1, 0.15) is 19.4 Å². The second-order valence-corrected chi connectivity index (χ2v) is 9.16. The molecule has 8 heteroatoms. The van der Waals surface area contributed by atoms with Crippen LogP contribution in [0.2, 0.25) is 0 Å². The molecule has 0 bridgehead atoms. The maximum Gasteiger partial charge on any atom is 0.241 e. The molecule has 0 fully saturated rings. The third-order valence-corrected chi connectivity index (χ3v) is 5.26. The number of hydrogen-bond donors (Lipinski definition) is 1. The lowest BCUT2D eigenvalue weighted by molar-refractivity contribution is -0.119. The molecule has 0 spiro atoms. The van der Waals surface area contributed by atoms with Gasteiger partial charge in [0.1, 0.15) is 12.3 Å². The lowest BCUT2D eigenvalue weighted by Gasteiger charge is -2.22. The smallest absolute Gasteiger partial charge is 0.241 e. The number of hydrogen-bond acceptors (Lipinski definition) is 4. The summed E-state index contributed by atoms with van der Waals surface area (Å²) in [6.07, 6.45) is 1.17. The fraction of sp³-hybridized carbons (Fsp3) is 0.316. The van der Waals surface area contributed by atoms with Crippen LogP contribution in [-0.2, 0) is 21.4 Å². The summed E-state index contributed by atoms with van der Waals surface area (Å²) in [5.41, 5.74) is 1.33. The van der Waals surface area contributed by atoms with Crippen molar-refractivity contribution in [1.29, 1.82) is 0 Å². The molecule has 0 heterocycles. The van der Waals surface area contributed by atoms with Crippen LogP contribution in [0.3, 0.4) is 0 Å². The molecule has 27 heavy (non-hydrogen) atoms. The number of anilines is 1. The van der Waals surface area contributed by atoms with Crippen molar-refractivity contribution in [3.8, 4) is 5.75 Å². The Morgan fingerprint density at radius 1 is 1.11 bits per heavy atom. The van der Waals surface area contributed by atoms with Crippen LogP contribution in [0.5, 0.6) is 5.75 Å². The Morgan fingerprint density at radius 3 is 2.22 bits per heavy atom. The van der Waals surface area contributed by atoms with Gasteiger partial charge in [-0.25, -0.2) is 8.42 Å². The van der Waals surface area contributed by atoms with Gasteiger partial charge in [0.25, 0.3) is 0 Å². The van der Waals surface area contributed by atoms with Gasteiger partial charge >= 0.3 is 0 Å². The fourth-order valence-corrected chi connectivity index (χ4v) is 3.47. The average Bonchev–Trinajstić information content (AvgIpc) is 2.58. The lowest BCUT2D eigenvalue weighted by Crippen LogP contribution is -2.40. The van der Waals surface area contributed by atoms with Gasteiger partial charge in [-0.1, -0.05) is 28.1 Å². The molecule has 0 aromatic heterocycles. The van der Waals surface area contributed by atoms with Crippen molar-refractivity contribution >= 4 is 37.5 Å². The summed E-state index contributed by atoms with van der Waals surface area (Å²) < 4.78 is 31.6. The number of rotatable bonds is 8. The maximum atomic E-state index is 12.3. The highest BCUT2D eigenvalue weighted by molar-refractivity contribution is 9.10. The Labute approximate surface area is 168 Å². The first-order valence-electron chi connectivity index (χ1n) is 8.41. The van der Waals surface area contributed by atoms with E-state index >= 15 is 0 Å². The van der Waals surface area contributed by atoms with E-state index in [4.69, 9.17) is 4.74 Å². The SMILES string of the molecule is CC(C)Oc1ccc(CNC(=O)CN(c2ccc(Br)cc2)S(C)(=O)=O)cc1. The van der Waals surface area contributed by atoms with Crippen molar-refractivity contribution in [1.82, 2.24) is 5.32 Å². The van der Waals surface area contributed by atoms with Crippen LogP contribution >= 0.6 is 15.9 Å². The predicted molar refractivity (Wildman–Crippen MR) is 110 cm³/mol. The predicted octanol–water partition coefficient (Wildman–Crippen LogP) is 3.32. The molecule has 0 radical (unpaired) electrons. The molecule has 0 atom stereocenters. The number of nitrogens with zero attached hydrogens (tertiary/aromatic N) is 1. The van der Waals surface area contributed by atoms with E-state index in [1.54, 1.807) is 24.3 Å². The second kappa shape index (κ2) is 9.23. The van der Waals surface area contributed by atoms with Gasteiger partial charge in [0.15, 0.2) is 0 Å². The van der Waals surface area contributed by atoms with Gasteiger partial charge in [-0.3, -0.25) is 9.10 Å². The second-order valence-electron chi connectivity index (χ2n) is 6.33. The van der Waals surface area contributed by atoms with E-state index in [1.807, 2.05) is 38.1 Å². The van der Waals surface area contributed by atoms with E-state index in [1.165, 1.54) is 0 Å². The van der Waals surface area contributed by atoms with Crippen LogP contribution in [0.15, 0.2) is 53.0 Å². The minimum atomic E-state index is -3.59. The minimum absolute atomic E-state index is 0.0936. The molecule has 0 aliphatic rings. The Morgan fingerprint density at radius 2 is 1.70 bits per heavy atom. The number of amides is 1. The van der Waals surface area contributed by atoms with Crippen molar-refractivity contribution in [2.45, 2.75) is 26.5 Å². The molecule has 6 nitrogen and oxygen atoms in total. The van der Waals surface area contributed by atoms with Crippen molar-refractivity contribution in [3.05, 3.63) is 58.6 Å². The number of benzene rings is 2. The molecule has 0 saturated heterocycles. The molecule has 2 aromatic carbocycles. The van der Waals surface area contributed by atoms with Crippen LogP contribution in [0, 0.1) is 0 Å². The van der Waals surface area contributed by atoms with Crippen LogP contribution < -0.4 is 14.4 Å². The first-order chi connectivity index (χ1) is 12.6. The van der Waals surface area contributed by atoms with E-state index in [0.717, 1.165) is 26.3 Å². The molecular weight excluding hydrogens is 432 g/mol. The number of carbonyl (C=O) groups is 1. The molecule has 0 aliphatic carbocycles. The van der Waals surface area contributed by atoms with Gasteiger partial charge in [0.05, 0.1) is 18.0 Å². The number of nitrogens with one attached hydrogen (secondary N) is 1. The third kappa shape index (κ3) is 6.88. The van der Waals surface area contributed by atoms with Gasteiger partial charge < -0.3 is 10.1 Å². The molecule has 146 valence electrons. The summed E-state index contributed by atoms with van der Waals surface area (Å²) in [6, 6.07) is 14.1. The Balaban J connectivity index is 1.98. The maximum absolute atomic E-state index is 12.3. The van der Waals surface area contributed by atoms with Gasteiger partial charge in [-0.15, -0.1) is 0 Å². The fourth-order valence-electron chi connectivity index (χ4n) is 2.35. The largest absolute Gasteiger partial charge is 0.491 e. The standard InChI is InChI=1S/C19H23BrN2O4S/c1-14(2)26-18-10-4-15(5-11-18)12-21-19(23)13-22(27(3,24)25)17-8-6-16(20)7-9-17/h4-11,14H,12-13H2,1-3H3,(H,21,23). The molecule has 1 N–H and O–H groups in total. The van der Waals surface area contributed by atoms with Crippen LogP contribution in [0.25, 0.3) is 0 Å². The molecule has 0 aliphatic heterocycles. The summed E-state index contributed by atoms with van der Waals surface area (Å²) in [7, 11) is -3.59. The van der Waals surface area contributed by atoms with E-state index in [0.29, 0.717) is 12.2 Å².